The number of carbonyl (C=O) groups is 2. The summed E-state index contributed by atoms with van der Waals surface area (Å²) in [7, 11) is 1.39. The SMILES string of the molecule is COC(=O)C1CC(C(=O)/C=C/c2ccncc2)CN1Cc1ccccc1. The molecule has 2 aromatic rings. The van der Waals surface area contributed by atoms with Crippen molar-refractivity contribution in [1.29, 1.82) is 0 Å². The zero-order valence-corrected chi connectivity index (χ0v) is 14.7. The van der Waals surface area contributed by atoms with Crippen molar-refractivity contribution in [2.75, 3.05) is 13.7 Å². The Labute approximate surface area is 153 Å². The van der Waals surface area contributed by atoms with E-state index < -0.39 is 0 Å². The first-order chi connectivity index (χ1) is 12.7. The lowest BCUT2D eigenvalue weighted by Crippen LogP contribution is -2.36. The van der Waals surface area contributed by atoms with Crippen LogP contribution < -0.4 is 0 Å². The van der Waals surface area contributed by atoms with Crippen LogP contribution >= 0.6 is 0 Å². The summed E-state index contributed by atoms with van der Waals surface area (Å²) >= 11 is 0. The lowest BCUT2D eigenvalue weighted by molar-refractivity contribution is -0.146. The minimum Gasteiger partial charge on any atom is -0.468 e. The molecule has 0 amide bonds. The molecule has 2 atom stereocenters. The van der Waals surface area contributed by atoms with Crippen LogP contribution in [0.4, 0.5) is 0 Å². The molecular formula is C21H22N2O3. The van der Waals surface area contributed by atoms with Crippen LogP contribution in [0.25, 0.3) is 6.08 Å². The summed E-state index contributed by atoms with van der Waals surface area (Å²) in [5.41, 5.74) is 2.04. The average Bonchev–Trinajstić information content (AvgIpc) is 3.11. The van der Waals surface area contributed by atoms with Crippen LogP contribution in [-0.4, -0.2) is 41.3 Å². The van der Waals surface area contributed by atoms with Crippen LogP contribution in [0.5, 0.6) is 0 Å². The maximum absolute atomic E-state index is 12.6. The number of methoxy groups -OCH3 is 1. The maximum atomic E-state index is 12.6. The Morgan fingerprint density at radius 1 is 1.19 bits per heavy atom. The van der Waals surface area contributed by atoms with Crippen LogP contribution in [-0.2, 0) is 20.9 Å². The van der Waals surface area contributed by atoms with Crippen molar-refractivity contribution < 1.29 is 14.3 Å². The topological polar surface area (TPSA) is 59.5 Å². The summed E-state index contributed by atoms with van der Waals surface area (Å²) in [6.45, 7) is 1.17. The molecule has 0 saturated carbocycles. The Balaban J connectivity index is 1.70. The number of esters is 1. The van der Waals surface area contributed by atoms with Crippen molar-refractivity contribution in [2.24, 2.45) is 5.92 Å². The molecule has 1 aromatic heterocycles. The third-order valence-corrected chi connectivity index (χ3v) is 4.65. The molecule has 0 aliphatic carbocycles. The van der Waals surface area contributed by atoms with Gasteiger partial charge in [0, 0.05) is 31.4 Å². The van der Waals surface area contributed by atoms with Crippen LogP contribution in [0.15, 0.2) is 60.9 Å². The van der Waals surface area contributed by atoms with E-state index in [0.717, 1.165) is 11.1 Å². The van der Waals surface area contributed by atoms with Gasteiger partial charge in [0.15, 0.2) is 5.78 Å². The Morgan fingerprint density at radius 3 is 2.62 bits per heavy atom. The fourth-order valence-electron chi connectivity index (χ4n) is 3.27. The van der Waals surface area contributed by atoms with E-state index >= 15 is 0 Å². The van der Waals surface area contributed by atoms with Crippen molar-refractivity contribution >= 4 is 17.8 Å². The average molecular weight is 350 g/mol. The summed E-state index contributed by atoms with van der Waals surface area (Å²) in [5.74, 6) is -0.457. The second kappa shape index (κ2) is 8.54. The Kier molecular flexibility index (Phi) is 5.92. The molecule has 26 heavy (non-hydrogen) atoms. The van der Waals surface area contributed by atoms with E-state index in [1.54, 1.807) is 24.5 Å². The summed E-state index contributed by atoms with van der Waals surface area (Å²) < 4.78 is 4.94. The number of hydrogen-bond acceptors (Lipinski definition) is 5. The molecular weight excluding hydrogens is 328 g/mol. The van der Waals surface area contributed by atoms with Gasteiger partial charge in [-0.2, -0.15) is 0 Å². The van der Waals surface area contributed by atoms with E-state index in [2.05, 4.69) is 4.98 Å². The first kappa shape index (κ1) is 18.0. The number of rotatable bonds is 6. The van der Waals surface area contributed by atoms with Crippen molar-refractivity contribution in [3.8, 4) is 0 Å². The van der Waals surface area contributed by atoms with Gasteiger partial charge in [-0.25, -0.2) is 0 Å². The number of allylic oxidation sites excluding steroid dienone is 1. The summed E-state index contributed by atoms with van der Waals surface area (Å²) in [6.07, 6.45) is 7.25. The molecule has 0 spiro atoms. The van der Waals surface area contributed by atoms with Gasteiger partial charge in [0.1, 0.15) is 6.04 Å². The Hall–Kier alpha value is -2.79. The van der Waals surface area contributed by atoms with Crippen molar-refractivity contribution in [1.82, 2.24) is 9.88 Å². The highest BCUT2D eigenvalue weighted by molar-refractivity contribution is 5.96. The number of ketones is 1. The minimum absolute atomic E-state index is 0.0336. The fourth-order valence-corrected chi connectivity index (χ4v) is 3.27. The zero-order valence-electron chi connectivity index (χ0n) is 14.7. The van der Waals surface area contributed by atoms with Gasteiger partial charge in [-0.1, -0.05) is 36.4 Å². The first-order valence-corrected chi connectivity index (χ1v) is 8.65. The molecule has 134 valence electrons. The zero-order chi connectivity index (χ0) is 18.4. The second-order valence-electron chi connectivity index (χ2n) is 6.40. The summed E-state index contributed by atoms with van der Waals surface area (Å²) in [5, 5.41) is 0. The summed E-state index contributed by atoms with van der Waals surface area (Å²) in [6, 6.07) is 13.2. The van der Waals surface area contributed by atoms with Crippen molar-refractivity contribution in [2.45, 2.75) is 19.0 Å². The molecule has 1 aliphatic heterocycles. The normalized spacial score (nSPS) is 20.3. The monoisotopic (exact) mass is 350 g/mol. The second-order valence-corrected chi connectivity index (χ2v) is 6.40. The highest BCUT2D eigenvalue weighted by Crippen LogP contribution is 2.27. The van der Waals surface area contributed by atoms with Crippen LogP contribution in [0, 0.1) is 5.92 Å². The number of likely N-dealkylation sites (tertiary alicyclic amines) is 1. The van der Waals surface area contributed by atoms with Crippen LogP contribution in [0.3, 0.4) is 0 Å². The van der Waals surface area contributed by atoms with Crippen molar-refractivity contribution in [3.63, 3.8) is 0 Å². The van der Waals surface area contributed by atoms with E-state index in [1.165, 1.54) is 7.11 Å². The number of ether oxygens (including phenoxy) is 1. The van der Waals surface area contributed by atoms with Gasteiger partial charge in [-0.3, -0.25) is 19.5 Å². The number of pyridine rings is 1. The number of aromatic nitrogens is 1. The third-order valence-electron chi connectivity index (χ3n) is 4.65. The molecule has 5 nitrogen and oxygen atoms in total. The molecule has 0 N–H and O–H groups in total. The van der Waals surface area contributed by atoms with Crippen molar-refractivity contribution in [3.05, 3.63) is 72.1 Å². The first-order valence-electron chi connectivity index (χ1n) is 8.65. The minimum atomic E-state index is -0.386. The number of carbonyl (C=O) groups excluding carboxylic acids is 2. The van der Waals surface area contributed by atoms with Gasteiger partial charge in [0.25, 0.3) is 0 Å². The number of hydrogen-bond donors (Lipinski definition) is 0. The quantitative estimate of drug-likeness (QED) is 0.592. The van der Waals surface area contributed by atoms with E-state index in [0.29, 0.717) is 19.5 Å². The largest absolute Gasteiger partial charge is 0.468 e. The Bertz CT molecular complexity index is 774. The molecule has 0 bridgehead atoms. The van der Waals surface area contributed by atoms with Gasteiger partial charge in [-0.15, -0.1) is 0 Å². The van der Waals surface area contributed by atoms with E-state index in [-0.39, 0.29) is 23.7 Å². The van der Waals surface area contributed by atoms with E-state index in [1.807, 2.05) is 47.4 Å². The standard InChI is InChI=1S/C21H22N2O3/c1-26-21(25)19-13-18(15-23(19)14-17-5-3-2-4-6-17)20(24)8-7-16-9-11-22-12-10-16/h2-12,18-19H,13-15H2,1H3/b8-7+. The molecule has 5 heteroatoms. The molecule has 1 aromatic carbocycles. The predicted molar refractivity (Wildman–Crippen MR) is 99.0 cm³/mol. The van der Waals surface area contributed by atoms with Crippen LogP contribution in [0.2, 0.25) is 0 Å². The highest BCUT2D eigenvalue weighted by atomic mass is 16.5. The summed E-state index contributed by atoms with van der Waals surface area (Å²) in [4.78, 5) is 30.7. The van der Waals surface area contributed by atoms with E-state index in [4.69, 9.17) is 4.74 Å². The molecule has 3 rings (SSSR count). The molecule has 1 fully saturated rings. The van der Waals surface area contributed by atoms with Gasteiger partial charge in [-0.05, 0) is 35.8 Å². The lowest BCUT2D eigenvalue weighted by Gasteiger charge is -2.22. The smallest absolute Gasteiger partial charge is 0.323 e. The highest BCUT2D eigenvalue weighted by Gasteiger charge is 2.39. The lowest BCUT2D eigenvalue weighted by atomic mass is 10.00. The molecule has 2 unspecified atom stereocenters. The molecule has 1 saturated heterocycles. The molecule has 1 aliphatic rings. The van der Waals surface area contributed by atoms with Crippen LogP contribution in [0.1, 0.15) is 17.5 Å². The number of benzene rings is 1. The predicted octanol–water partition coefficient (Wildman–Crippen LogP) is 2.73. The van der Waals surface area contributed by atoms with Gasteiger partial charge in [0.05, 0.1) is 7.11 Å². The van der Waals surface area contributed by atoms with Gasteiger partial charge >= 0.3 is 5.97 Å². The molecule has 0 radical (unpaired) electrons. The number of nitrogens with zero attached hydrogens (tertiary/aromatic N) is 2. The Morgan fingerprint density at radius 2 is 1.92 bits per heavy atom. The van der Waals surface area contributed by atoms with Gasteiger partial charge in [0.2, 0.25) is 0 Å². The fraction of sp³-hybridized carbons (Fsp3) is 0.286. The maximum Gasteiger partial charge on any atom is 0.323 e. The third kappa shape index (κ3) is 4.43. The van der Waals surface area contributed by atoms with Gasteiger partial charge < -0.3 is 4.74 Å². The van der Waals surface area contributed by atoms with E-state index in [9.17, 15) is 9.59 Å². The molecule has 2 heterocycles.